The summed E-state index contributed by atoms with van der Waals surface area (Å²) in [7, 11) is 0. The summed E-state index contributed by atoms with van der Waals surface area (Å²) >= 11 is 3.34. The van der Waals surface area contributed by atoms with Crippen LogP contribution in [0.25, 0.3) is 0 Å². The van der Waals surface area contributed by atoms with Crippen molar-refractivity contribution < 1.29 is 27.8 Å². The first-order valence-corrected chi connectivity index (χ1v) is 7.37. The predicted octanol–water partition coefficient (Wildman–Crippen LogP) is 4.24. The minimum absolute atomic E-state index is 0.0949. The van der Waals surface area contributed by atoms with Crippen LogP contribution < -0.4 is 4.74 Å². The van der Waals surface area contributed by atoms with E-state index in [1.54, 1.807) is 18.2 Å². The Balaban J connectivity index is 2.47. The van der Waals surface area contributed by atoms with Crippen LogP contribution in [0.15, 0.2) is 22.7 Å². The molecule has 21 heavy (non-hydrogen) atoms. The van der Waals surface area contributed by atoms with Gasteiger partial charge in [-0.15, -0.1) is 0 Å². The zero-order valence-corrected chi connectivity index (χ0v) is 13.2. The first-order chi connectivity index (χ1) is 9.83. The van der Waals surface area contributed by atoms with Gasteiger partial charge in [-0.2, -0.15) is 13.2 Å². The highest BCUT2D eigenvalue weighted by molar-refractivity contribution is 9.10. The molecule has 0 radical (unpaired) electrons. The second-order valence-corrected chi connectivity index (χ2v) is 5.36. The highest BCUT2D eigenvalue weighted by Gasteiger charge is 2.27. The Morgan fingerprint density at radius 1 is 1.29 bits per heavy atom. The van der Waals surface area contributed by atoms with Crippen LogP contribution in [0.2, 0.25) is 0 Å². The van der Waals surface area contributed by atoms with Crippen molar-refractivity contribution in [2.24, 2.45) is 0 Å². The first kappa shape index (κ1) is 18.3. The van der Waals surface area contributed by atoms with Gasteiger partial charge in [0.1, 0.15) is 12.4 Å². The van der Waals surface area contributed by atoms with Gasteiger partial charge in [-0.05, 0) is 40.0 Å². The Morgan fingerprint density at radius 3 is 2.57 bits per heavy atom. The summed E-state index contributed by atoms with van der Waals surface area (Å²) in [5, 5.41) is 9.92. The maximum absolute atomic E-state index is 11.9. The summed E-state index contributed by atoms with van der Waals surface area (Å²) in [6.45, 7) is 1.12. The molecule has 3 nitrogen and oxygen atoms in total. The summed E-state index contributed by atoms with van der Waals surface area (Å²) in [6.07, 6.45) is -4.24. The SMILES string of the molecule is CCCOc1ccc(C(O)CCOCC(F)(F)F)cc1Br. The molecule has 1 atom stereocenters. The van der Waals surface area contributed by atoms with E-state index in [4.69, 9.17) is 4.74 Å². The molecule has 1 unspecified atom stereocenters. The molecule has 1 N–H and O–H groups in total. The van der Waals surface area contributed by atoms with Crippen molar-refractivity contribution in [3.8, 4) is 5.75 Å². The van der Waals surface area contributed by atoms with E-state index in [1.165, 1.54) is 0 Å². The topological polar surface area (TPSA) is 38.7 Å². The summed E-state index contributed by atoms with van der Waals surface area (Å²) in [6, 6.07) is 5.10. The zero-order chi connectivity index (χ0) is 15.9. The van der Waals surface area contributed by atoms with Crippen LogP contribution in [-0.2, 0) is 4.74 Å². The van der Waals surface area contributed by atoms with Gasteiger partial charge in [0, 0.05) is 13.0 Å². The number of rotatable bonds is 8. The maximum atomic E-state index is 11.9. The molecule has 0 saturated carbocycles. The van der Waals surface area contributed by atoms with Crippen molar-refractivity contribution >= 4 is 15.9 Å². The molecule has 1 rings (SSSR count). The van der Waals surface area contributed by atoms with Crippen molar-refractivity contribution in [1.29, 1.82) is 0 Å². The smallest absolute Gasteiger partial charge is 0.411 e. The van der Waals surface area contributed by atoms with Crippen LogP contribution in [0.4, 0.5) is 13.2 Å². The molecule has 120 valence electrons. The lowest BCUT2D eigenvalue weighted by Gasteiger charge is -2.14. The molecule has 0 heterocycles. The predicted molar refractivity (Wildman–Crippen MR) is 76.4 cm³/mol. The molecule has 0 bridgehead atoms. The number of benzene rings is 1. The molecule has 0 spiro atoms. The van der Waals surface area contributed by atoms with E-state index in [-0.39, 0.29) is 13.0 Å². The Kier molecular flexibility index (Phi) is 7.48. The van der Waals surface area contributed by atoms with E-state index in [9.17, 15) is 18.3 Å². The first-order valence-electron chi connectivity index (χ1n) is 6.58. The number of ether oxygens (including phenoxy) is 2. The van der Waals surface area contributed by atoms with Crippen molar-refractivity contribution in [2.45, 2.75) is 32.0 Å². The van der Waals surface area contributed by atoms with Crippen molar-refractivity contribution in [3.05, 3.63) is 28.2 Å². The van der Waals surface area contributed by atoms with Crippen molar-refractivity contribution in [2.75, 3.05) is 19.8 Å². The Hall–Kier alpha value is -0.790. The fourth-order valence-corrected chi connectivity index (χ4v) is 2.11. The van der Waals surface area contributed by atoms with Gasteiger partial charge in [0.25, 0.3) is 0 Å². The standard InChI is InChI=1S/C14H18BrF3O3/c1-2-6-21-13-4-3-10(8-11(13)15)12(19)5-7-20-9-14(16,17)18/h3-4,8,12,19H,2,5-7,9H2,1H3. The number of aliphatic hydroxyl groups is 1. The molecule has 0 fully saturated rings. The second kappa shape index (κ2) is 8.60. The van der Waals surface area contributed by atoms with E-state index in [0.717, 1.165) is 6.42 Å². The second-order valence-electron chi connectivity index (χ2n) is 4.51. The van der Waals surface area contributed by atoms with Gasteiger partial charge >= 0.3 is 6.18 Å². The molecule has 0 saturated heterocycles. The van der Waals surface area contributed by atoms with Gasteiger partial charge < -0.3 is 14.6 Å². The minimum Gasteiger partial charge on any atom is -0.492 e. The van der Waals surface area contributed by atoms with Crippen LogP contribution >= 0.6 is 15.9 Å². The highest BCUT2D eigenvalue weighted by atomic mass is 79.9. The molecular formula is C14H18BrF3O3. The van der Waals surface area contributed by atoms with Crippen molar-refractivity contribution in [1.82, 2.24) is 0 Å². The molecule has 0 aliphatic heterocycles. The number of hydrogen-bond donors (Lipinski definition) is 1. The normalized spacial score (nSPS) is 13.2. The van der Waals surface area contributed by atoms with Crippen molar-refractivity contribution in [3.63, 3.8) is 0 Å². The van der Waals surface area contributed by atoms with Gasteiger partial charge in [0.2, 0.25) is 0 Å². The number of alkyl halides is 3. The Morgan fingerprint density at radius 2 is 2.00 bits per heavy atom. The third kappa shape index (κ3) is 7.15. The van der Waals surface area contributed by atoms with Gasteiger partial charge in [-0.1, -0.05) is 13.0 Å². The maximum Gasteiger partial charge on any atom is 0.411 e. The lowest BCUT2D eigenvalue weighted by atomic mass is 10.1. The number of halogens is 4. The lowest BCUT2D eigenvalue weighted by Crippen LogP contribution is -2.18. The number of aliphatic hydroxyl groups excluding tert-OH is 1. The molecule has 0 aliphatic carbocycles. The average molecular weight is 371 g/mol. The quantitative estimate of drug-likeness (QED) is 0.695. The monoisotopic (exact) mass is 370 g/mol. The number of hydrogen-bond acceptors (Lipinski definition) is 3. The lowest BCUT2D eigenvalue weighted by molar-refractivity contribution is -0.175. The molecule has 0 aliphatic rings. The molecule has 0 aromatic heterocycles. The van der Waals surface area contributed by atoms with Crippen LogP contribution in [-0.4, -0.2) is 31.1 Å². The zero-order valence-electron chi connectivity index (χ0n) is 11.6. The Bertz CT molecular complexity index is 438. The van der Waals surface area contributed by atoms with E-state index in [2.05, 4.69) is 20.7 Å². The third-order valence-electron chi connectivity index (χ3n) is 2.60. The highest BCUT2D eigenvalue weighted by Crippen LogP contribution is 2.29. The van der Waals surface area contributed by atoms with Gasteiger partial charge in [-0.3, -0.25) is 0 Å². The summed E-state index contributed by atoms with van der Waals surface area (Å²) in [5.74, 6) is 0.668. The van der Waals surface area contributed by atoms with Gasteiger partial charge in [0.15, 0.2) is 0 Å². The molecule has 1 aromatic carbocycles. The largest absolute Gasteiger partial charge is 0.492 e. The average Bonchev–Trinajstić information content (AvgIpc) is 2.41. The molecule has 7 heteroatoms. The van der Waals surface area contributed by atoms with Gasteiger partial charge in [-0.25, -0.2) is 0 Å². The molecule has 1 aromatic rings. The van der Waals surface area contributed by atoms with E-state index in [0.29, 0.717) is 22.4 Å². The van der Waals surface area contributed by atoms with E-state index in [1.807, 2.05) is 6.92 Å². The molecule has 0 amide bonds. The third-order valence-corrected chi connectivity index (χ3v) is 3.22. The fourth-order valence-electron chi connectivity index (χ4n) is 1.60. The van der Waals surface area contributed by atoms with Crippen LogP contribution in [0.5, 0.6) is 5.75 Å². The Labute approximate surface area is 130 Å². The summed E-state index contributed by atoms with van der Waals surface area (Å²) in [4.78, 5) is 0. The van der Waals surface area contributed by atoms with E-state index < -0.39 is 18.9 Å². The van der Waals surface area contributed by atoms with Crippen LogP contribution in [0.1, 0.15) is 31.4 Å². The van der Waals surface area contributed by atoms with E-state index >= 15 is 0 Å². The summed E-state index contributed by atoms with van der Waals surface area (Å²) < 4.78 is 46.3. The van der Waals surface area contributed by atoms with Crippen LogP contribution in [0.3, 0.4) is 0 Å². The fraction of sp³-hybridized carbons (Fsp3) is 0.571. The summed E-state index contributed by atoms with van der Waals surface area (Å²) in [5.41, 5.74) is 0.598. The minimum atomic E-state index is -4.34. The molecular weight excluding hydrogens is 353 g/mol. The van der Waals surface area contributed by atoms with Crippen LogP contribution in [0, 0.1) is 0 Å². The van der Waals surface area contributed by atoms with Gasteiger partial charge in [0.05, 0.1) is 17.2 Å².